The minimum absolute atomic E-state index is 0.173. The monoisotopic (exact) mass is 278 g/mol. The molecule has 2 amide bonds. The van der Waals surface area contributed by atoms with Gasteiger partial charge >= 0.3 is 0 Å². The van der Waals surface area contributed by atoms with Crippen LogP contribution in [-0.4, -0.2) is 54.0 Å². The second-order valence-corrected chi connectivity index (χ2v) is 5.49. The maximum absolute atomic E-state index is 12.0. The summed E-state index contributed by atoms with van der Waals surface area (Å²) >= 11 is 1.64. The molecular formula is C14H18N2O2S. The fraction of sp³-hybridized carbons (Fsp3) is 0.429. The summed E-state index contributed by atoms with van der Waals surface area (Å²) in [5, 5.41) is 0. The minimum atomic E-state index is 0.173. The minimum Gasteiger partial charge on any atom is -0.342 e. The summed E-state index contributed by atoms with van der Waals surface area (Å²) in [5.74, 6) is 1.54. The third kappa shape index (κ3) is 4.28. The first-order valence-corrected chi connectivity index (χ1v) is 7.54. The van der Waals surface area contributed by atoms with E-state index in [2.05, 4.69) is 12.1 Å². The lowest BCUT2D eigenvalue weighted by atomic mass is 10.2. The summed E-state index contributed by atoms with van der Waals surface area (Å²) in [6.07, 6.45) is 0.853. The van der Waals surface area contributed by atoms with Crippen LogP contribution in [0.25, 0.3) is 0 Å². The lowest BCUT2D eigenvalue weighted by Crippen LogP contribution is -2.48. The van der Waals surface area contributed by atoms with Gasteiger partial charge in [-0.05, 0) is 5.56 Å². The fourth-order valence-corrected chi connectivity index (χ4v) is 2.89. The Morgan fingerprint density at radius 3 is 2.47 bits per heavy atom. The van der Waals surface area contributed by atoms with E-state index in [0.29, 0.717) is 31.9 Å². The summed E-state index contributed by atoms with van der Waals surface area (Å²) in [6.45, 7) is 2.62. The molecule has 1 aliphatic rings. The molecule has 4 nitrogen and oxygen atoms in total. The van der Waals surface area contributed by atoms with Crippen LogP contribution in [0.15, 0.2) is 30.3 Å². The van der Waals surface area contributed by atoms with E-state index in [9.17, 15) is 9.59 Å². The number of carbonyl (C=O) groups excluding carboxylic acids is 2. The molecule has 1 aromatic carbocycles. The molecule has 1 aromatic rings. The Bertz CT molecular complexity index is 417. The average molecular weight is 278 g/mol. The molecule has 0 bridgehead atoms. The number of nitrogens with zero attached hydrogens (tertiary/aromatic N) is 2. The molecule has 102 valence electrons. The van der Waals surface area contributed by atoms with Crippen LogP contribution >= 0.6 is 11.8 Å². The van der Waals surface area contributed by atoms with E-state index in [-0.39, 0.29) is 5.91 Å². The zero-order chi connectivity index (χ0) is 13.5. The average Bonchev–Trinajstić information content (AvgIpc) is 2.48. The van der Waals surface area contributed by atoms with Crippen molar-refractivity contribution in [1.29, 1.82) is 0 Å². The summed E-state index contributed by atoms with van der Waals surface area (Å²) in [6, 6.07) is 10.2. The summed E-state index contributed by atoms with van der Waals surface area (Å²) < 4.78 is 0. The number of piperazine rings is 1. The summed E-state index contributed by atoms with van der Waals surface area (Å²) in [4.78, 5) is 26.1. The Balaban J connectivity index is 1.69. The summed E-state index contributed by atoms with van der Waals surface area (Å²) in [5.41, 5.74) is 1.24. The van der Waals surface area contributed by atoms with Crippen LogP contribution < -0.4 is 0 Å². The highest BCUT2D eigenvalue weighted by atomic mass is 32.2. The first-order chi connectivity index (χ1) is 9.29. The molecule has 0 aliphatic carbocycles. The first kappa shape index (κ1) is 13.9. The first-order valence-electron chi connectivity index (χ1n) is 6.38. The molecule has 0 N–H and O–H groups in total. The van der Waals surface area contributed by atoms with Crippen LogP contribution in [-0.2, 0) is 15.3 Å². The molecule has 2 rings (SSSR count). The van der Waals surface area contributed by atoms with E-state index in [1.165, 1.54) is 5.56 Å². The molecule has 1 aliphatic heterocycles. The molecular weight excluding hydrogens is 260 g/mol. The molecule has 19 heavy (non-hydrogen) atoms. The fourth-order valence-electron chi connectivity index (χ4n) is 2.00. The van der Waals surface area contributed by atoms with Crippen LogP contribution in [0.2, 0.25) is 0 Å². The quantitative estimate of drug-likeness (QED) is 0.760. The van der Waals surface area contributed by atoms with Crippen LogP contribution in [0.4, 0.5) is 0 Å². The molecule has 0 spiro atoms. The van der Waals surface area contributed by atoms with Gasteiger partial charge in [0.2, 0.25) is 12.3 Å². The van der Waals surface area contributed by atoms with E-state index in [4.69, 9.17) is 0 Å². The van der Waals surface area contributed by atoms with Crippen molar-refractivity contribution >= 4 is 24.1 Å². The Morgan fingerprint density at radius 2 is 1.84 bits per heavy atom. The SMILES string of the molecule is O=CN1CCN(C(=O)CSCc2ccccc2)CC1. The Labute approximate surface area is 117 Å². The van der Waals surface area contributed by atoms with Crippen molar-refractivity contribution in [1.82, 2.24) is 9.80 Å². The molecule has 0 saturated carbocycles. The van der Waals surface area contributed by atoms with Crippen molar-refractivity contribution in [3.05, 3.63) is 35.9 Å². The van der Waals surface area contributed by atoms with Gasteiger partial charge in [0.25, 0.3) is 0 Å². The molecule has 5 heteroatoms. The van der Waals surface area contributed by atoms with E-state index < -0.39 is 0 Å². The van der Waals surface area contributed by atoms with Crippen molar-refractivity contribution < 1.29 is 9.59 Å². The van der Waals surface area contributed by atoms with Crippen molar-refractivity contribution in [2.45, 2.75) is 5.75 Å². The van der Waals surface area contributed by atoms with Gasteiger partial charge in [0.1, 0.15) is 0 Å². The predicted octanol–water partition coefficient (Wildman–Crippen LogP) is 1.22. The largest absolute Gasteiger partial charge is 0.342 e. The molecule has 0 aromatic heterocycles. The maximum Gasteiger partial charge on any atom is 0.232 e. The lowest BCUT2D eigenvalue weighted by molar-refractivity contribution is -0.132. The van der Waals surface area contributed by atoms with Gasteiger partial charge in [0, 0.05) is 31.9 Å². The van der Waals surface area contributed by atoms with Crippen molar-refractivity contribution in [2.75, 3.05) is 31.9 Å². The molecule has 0 radical (unpaired) electrons. The normalized spacial score (nSPS) is 15.4. The Hall–Kier alpha value is -1.49. The summed E-state index contributed by atoms with van der Waals surface area (Å²) in [7, 11) is 0. The number of carbonyl (C=O) groups is 2. The van der Waals surface area contributed by atoms with Crippen LogP contribution in [0, 0.1) is 0 Å². The zero-order valence-corrected chi connectivity index (χ0v) is 11.6. The number of amides is 2. The van der Waals surface area contributed by atoms with Gasteiger partial charge < -0.3 is 9.80 Å². The highest BCUT2D eigenvalue weighted by Gasteiger charge is 2.19. The topological polar surface area (TPSA) is 40.6 Å². The smallest absolute Gasteiger partial charge is 0.232 e. The zero-order valence-electron chi connectivity index (χ0n) is 10.8. The number of rotatable bonds is 5. The van der Waals surface area contributed by atoms with Gasteiger partial charge in [0.15, 0.2) is 0 Å². The highest BCUT2D eigenvalue weighted by Crippen LogP contribution is 2.13. The number of benzene rings is 1. The number of thioether (sulfide) groups is 1. The van der Waals surface area contributed by atoms with Crippen molar-refractivity contribution in [3.63, 3.8) is 0 Å². The van der Waals surface area contributed by atoms with E-state index in [0.717, 1.165) is 12.2 Å². The molecule has 1 fully saturated rings. The van der Waals surface area contributed by atoms with Gasteiger partial charge in [-0.2, -0.15) is 0 Å². The van der Waals surface area contributed by atoms with Gasteiger partial charge in [-0.25, -0.2) is 0 Å². The second kappa shape index (κ2) is 7.19. The van der Waals surface area contributed by atoms with Crippen molar-refractivity contribution in [2.24, 2.45) is 0 Å². The predicted molar refractivity (Wildman–Crippen MR) is 76.8 cm³/mol. The highest BCUT2D eigenvalue weighted by molar-refractivity contribution is 7.99. The molecule has 0 unspecified atom stereocenters. The van der Waals surface area contributed by atoms with Gasteiger partial charge in [-0.3, -0.25) is 9.59 Å². The molecule has 0 atom stereocenters. The third-order valence-electron chi connectivity index (χ3n) is 3.15. The number of hydrogen-bond acceptors (Lipinski definition) is 3. The Kier molecular flexibility index (Phi) is 5.27. The third-order valence-corrected chi connectivity index (χ3v) is 4.14. The lowest BCUT2D eigenvalue weighted by Gasteiger charge is -2.32. The molecule has 1 heterocycles. The van der Waals surface area contributed by atoms with Gasteiger partial charge in [0.05, 0.1) is 5.75 Å². The Morgan fingerprint density at radius 1 is 1.16 bits per heavy atom. The van der Waals surface area contributed by atoms with Gasteiger partial charge in [-0.1, -0.05) is 30.3 Å². The van der Waals surface area contributed by atoms with E-state index in [1.54, 1.807) is 16.7 Å². The molecule has 1 saturated heterocycles. The second-order valence-electron chi connectivity index (χ2n) is 4.50. The number of hydrogen-bond donors (Lipinski definition) is 0. The van der Waals surface area contributed by atoms with Crippen LogP contribution in [0.1, 0.15) is 5.56 Å². The van der Waals surface area contributed by atoms with Gasteiger partial charge in [-0.15, -0.1) is 11.8 Å². The van der Waals surface area contributed by atoms with Crippen LogP contribution in [0.5, 0.6) is 0 Å². The maximum atomic E-state index is 12.0. The standard InChI is InChI=1S/C14H18N2O2S/c17-12-15-6-8-16(9-7-15)14(18)11-19-10-13-4-2-1-3-5-13/h1-5,12H,6-11H2. The van der Waals surface area contributed by atoms with Crippen LogP contribution in [0.3, 0.4) is 0 Å². The van der Waals surface area contributed by atoms with E-state index >= 15 is 0 Å². The van der Waals surface area contributed by atoms with E-state index in [1.807, 2.05) is 23.1 Å². The van der Waals surface area contributed by atoms with Crippen molar-refractivity contribution in [3.8, 4) is 0 Å².